The second-order valence-corrected chi connectivity index (χ2v) is 6.05. The maximum absolute atomic E-state index is 12.5. The molecule has 1 saturated heterocycles. The lowest BCUT2D eigenvalue weighted by molar-refractivity contribution is 0.0609. The van der Waals surface area contributed by atoms with Crippen LogP contribution < -0.4 is 5.32 Å². The largest absolute Gasteiger partial charge is 0.395 e. The van der Waals surface area contributed by atoms with Gasteiger partial charge in [-0.25, -0.2) is 0 Å². The highest BCUT2D eigenvalue weighted by Gasteiger charge is 2.23. The van der Waals surface area contributed by atoms with Crippen molar-refractivity contribution < 1.29 is 19.8 Å². The van der Waals surface area contributed by atoms with Crippen LogP contribution in [0.2, 0.25) is 0 Å². The molecule has 0 spiro atoms. The Bertz CT molecular complexity index is 573. The minimum Gasteiger partial charge on any atom is -0.395 e. The predicted octanol–water partition coefficient (Wildman–Crippen LogP) is -0.246. The van der Waals surface area contributed by atoms with Crippen LogP contribution >= 0.6 is 12.4 Å². The van der Waals surface area contributed by atoms with E-state index in [2.05, 4.69) is 15.2 Å². The number of pyridine rings is 1. The Morgan fingerprint density at radius 1 is 1.23 bits per heavy atom. The van der Waals surface area contributed by atoms with Crippen LogP contribution in [0.15, 0.2) is 18.3 Å². The summed E-state index contributed by atoms with van der Waals surface area (Å²) in [7, 11) is 0. The summed E-state index contributed by atoms with van der Waals surface area (Å²) in [6, 6.07) is 2.84. The minimum atomic E-state index is -0.315. The van der Waals surface area contributed by atoms with Gasteiger partial charge in [0.25, 0.3) is 11.8 Å². The van der Waals surface area contributed by atoms with Crippen LogP contribution in [-0.2, 0) is 0 Å². The van der Waals surface area contributed by atoms with Gasteiger partial charge in [-0.05, 0) is 18.6 Å². The van der Waals surface area contributed by atoms with Gasteiger partial charge >= 0.3 is 0 Å². The number of hydrogen-bond acceptors (Lipinski definition) is 6. The van der Waals surface area contributed by atoms with Crippen molar-refractivity contribution in [2.45, 2.75) is 19.4 Å². The van der Waals surface area contributed by atoms with Gasteiger partial charge in [0.2, 0.25) is 0 Å². The number of aliphatic hydroxyl groups is 2. The number of halogens is 1. The zero-order valence-corrected chi connectivity index (χ0v) is 15.7. The molecule has 0 aliphatic carbocycles. The standard InChI is InChI=1S/C17H26N4O4.ClH/c1-2-14(12-23)19-16(24)13-3-4-15(18-11-13)17(25)21-7-5-20(6-8-21)9-10-22;/h3-4,11,14,22-23H,2,5-10,12H2,1H3,(H,19,24);1H/t14-;/m1./s1. The van der Waals surface area contributed by atoms with Crippen LogP contribution in [0.4, 0.5) is 0 Å². The molecular weight excluding hydrogens is 360 g/mol. The summed E-state index contributed by atoms with van der Waals surface area (Å²) in [4.78, 5) is 32.5. The molecule has 146 valence electrons. The molecular formula is C17H27ClN4O4. The highest BCUT2D eigenvalue weighted by molar-refractivity contribution is 5.96. The molecule has 0 unspecified atom stereocenters. The van der Waals surface area contributed by atoms with Crippen LogP contribution in [0.1, 0.15) is 34.2 Å². The number of carbonyl (C=O) groups excluding carboxylic acids is 2. The number of aromatic nitrogens is 1. The lowest BCUT2D eigenvalue weighted by atomic mass is 10.2. The number of nitrogens with zero attached hydrogens (tertiary/aromatic N) is 3. The van der Waals surface area contributed by atoms with Gasteiger partial charge in [-0.3, -0.25) is 19.5 Å². The monoisotopic (exact) mass is 386 g/mol. The highest BCUT2D eigenvalue weighted by atomic mass is 35.5. The fourth-order valence-corrected chi connectivity index (χ4v) is 2.68. The Hall–Kier alpha value is -1.74. The maximum atomic E-state index is 12.5. The SMILES string of the molecule is CC[C@H](CO)NC(=O)c1ccc(C(=O)N2CCN(CCO)CC2)nc1.Cl. The third-order valence-electron chi connectivity index (χ3n) is 4.37. The van der Waals surface area contributed by atoms with Crippen molar-refractivity contribution in [1.29, 1.82) is 0 Å². The number of piperazine rings is 1. The quantitative estimate of drug-likeness (QED) is 0.597. The molecule has 2 rings (SSSR count). The third-order valence-corrected chi connectivity index (χ3v) is 4.37. The van der Waals surface area contributed by atoms with Crippen molar-refractivity contribution in [3.8, 4) is 0 Å². The van der Waals surface area contributed by atoms with Crippen LogP contribution in [0, 0.1) is 0 Å². The Morgan fingerprint density at radius 2 is 1.92 bits per heavy atom. The Labute approximate surface area is 159 Å². The molecule has 1 aliphatic rings. The molecule has 2 amide bonds. The van der Waals surface area contributed by atoms with E-state index in [-0.39, 0.29) is 43.5 Å². The van der Waals surface area contributed by atoms with Gasteiger partial charge in [0.1, 0.15) is 5.69 Å². The van der Waals surface area contributed by atoms with Gasteiger partial charge < -0.3 is 20.4 Å². The fraction of sp³-hybridized carbons (Fsp3) is 0.588. The van der Waals surface area contributed by atoms with Gasteiger partial charge in [0, 0.05) is 38.9 Å². The number of amides is 2. The third kappa shape index (κ3) is 5.91. The van der Waals surface area contributed by atoms with E-state index in [0.29, 0.717) is 37.3 Å². The van der Waals surface area contributed by atoms with Crippen LogP contribution in [0.5, 0.6) is 0 Å². The molecule has 3 N–H and O–H groups in total. The zero-order chi connectivity index (χ0) is 18.2. The topological polar surface area (TPSA) is 106 Å². The Kier molecular flexibility index (Phi) is 9.50. The number of rotatable bonds is 7. The fourth-order valence-electron chi connectivity index (χ4n) is 2.68. The van der Waals surface area contributed by atoms with Crippen LogP contribution in [-0.4, -0.2) is 88.8 Å². The van der Waals surface area contributed by atoms with E-state index in [1.807, 2.05) is 6.92 Å². The Morgan fingerprint density at radius 3 is 2.42 bits per heavy atom. The number of hydrogen-bond donors (Lipinski definition) is 3. The number of β-amino-alcohol motifs (C(OH)–C–C–N with tert-alkyl or cyclic N) is 1. The van der Waals surface area contributed by atoms with E-state index in [0.717, 1.165) is 13.1 Å². The molecule has 1 atom stereocenters. The van der Waals surface area contributed by atoms with E-state index in [4.69, 9.17) is 10.2 Å². The second-order valence-electron chi connectivity index (χ2n) is 6.05. The molecule has 0 saturated carbocycles. The molecule has 8 nitrogen and oxygen atoms in total. The molecule has 1 aromatic heterocycles. The molecule has 0 aromatic carbocycles. The average Bonchev–Trinajstić information content (AvgIpc) is 2.66. The first kappa shape index (κ1) is 22.3. The molecule has 0 radical (unpaired) electrons. The normalized spacial score (nSPS) is 15.9. The molecule has 0 bridgehead atoms. The van der Waals surface area contributed by atoms with Crippen molar-refractivity contribution >= 4 is 24.2 Å². The smallest absolute Gasteiger partial charge is 0.272 e. The van der Waals surface area contributed by atoms with E-state index in [9.17, 15) is 9.59 Å². The molecule has 1 fully saturated rings. The first-order valence-electron chi connectivity index (χ1n) is 8.59. The van der Waals surface area contributed by atoms with Crippen molar-refractivity contribution in [3.63, 3.8) is 0 Å². The molecule has 9 heteroatoms. The summed E-state index contributed by atoms with van der Waals surface area (Å²) >= 11 is 0. The first-order chi connectivity index (χ1) is 12.1. The zero-order valence-electron chi connectivity index (χ0n) is 14.9. The molecule has 1 aromatic rings. The van der Waals surface area contributed by atoms with Crippen molar-refractivity contribution in [3.05, 3.63) is 29.6 Å². The highest BCUT2D eigenvalue weighted by Crippen LogP contribution is 2.08. The lowest BCUT2D eigenvalue weighted by Crippen LogP contribution is -2.49. The molecule has 26 heavy (non-hydrogen) atoms. The summed E-state index contributed by atoms with van der Waals surface area (Å²) in [5, 5.41) is 20.8. The minimum absolute atomic E-state index is 0. The summed E-state index contributed by atoms with van der Waals surface area (Å²) in [5.74, 6) is -0.470. The summed E-state index contributed by atoms with van der Waals surface area (Å²) < 4.78 is 0. The first-order valence-corrected chi connectivity index (χ1v) is 8.59. The van der Waals surface area contributed by atoms with Crippen molar-refractivity contribution in [2.24, 2.45) is 0 Å². The molecule has 1 aliphatic heterocycles. The van der Waals surface area contributed by atoms with Gasteiger partial charge in [-0.15, -0.1) is 12.4 Å². The maximum Gasteiger partial charge on any atom is 0.272 e. The van der Waals surface area contributed by atoms with Crippen molar-refractivity contribution in [2.75, 3.05) is 45.9 Å². The predicted molar refractivity (Wildman–Crippen MR) is 99.5 cm³/mol. The summed E-state index contributed by atoms with van der Waals surface area (Å²) in [5.41, 5.74) is 0.664. The molecule has 2 heterocycles. The van der Waals surface area contributed by atoms with Gasteiger partial charge in [0.15, 0.2) is 0 Å². The van der Waals surface area contributed by atoms with Gasteiger partial charge in [-0.2, -0.15) is 0 Å². The van der Waals surface area contributed by atoms with E-state index >= 15 is 0 Å². The lowest BCUT2D eigenvalue weighted by Gasteiger charge is -2.34. The number of nitrogens with one attached hydrogen (secondary N) is 1. The van der Waals surface area contributed by atoms with Crippen molar-refractivity contribution in [1.82, 2.24) is 20.1 Å². The van der Waals surface area contributed by atoms with E-state index < -0.39 is 0 Å². The van der Waals surface area contributed by atoms with Crippen LogP contribution in [0.3, 0.4) is 0 Å². The summed E-state index contributed by atoms with van der Waals surface area (Å²) in [6.07, 6.45) is 2.02. The summed E-state index contributed by atoms with van der Waals surface area (Å²) in [6.45, 7) is 5.15. The van der Waals surface area contributed by atoms with E-state index in [1.165, 1.54) is 6.20 Å². The number of carbonyl (C=O) groups is 2. The van der Waals surface area contributed by atoms with Gasteiger partial charge in [-0.1, -0.05) is 6.92 Å². The average molecular weight is 387 g/mol. The van der Waals surface area contributed by atoms with Gasteiger partial charge in [0.05, 0.1) is 24.8 Å². The number of aliphatic hydroxyl groups excluding tert-OH is 2. The second kappa shape index (κ2) is 11.1. The van der Waals surface area contributed by atoms with Crippen LogP contribution in [0.25, 0.3) is 0 Å². The van der Waals surface area contributed by atoms with E-state index in [1.54, 1.807) is 17.0 Å². The Balaban J connectivity index is 0.00000338.